The maximum atomic E-state index is 14.0. The molecule has 0 aliphatic carbocycles. The zero-order valence-electron chi connectivity index (χ0n) is 19.1. The third-order valence-electron chi connectivity index (χ3n) is 5.48. The van der Waals surface area contributed by atoms with E-state index in [0.717, 1.165) is 37.9 Å². The molecule has 0 radical (unpaired) electrons. The monoisotopic (exact) mass is 449 g/mol. The van der Waals surface area contributed by atoms with Crippen LogP contribution in [0.3, 0.4) is 0 Å². The molecule has 0 aliphatic rings. The van der Waals surface area contributed by atoms with Crippen LogP contribution in [0.4, 0.5) is 4.39 Å². The van der Waals surface area contributed by atoms with E-state index in [1.165, 1.54) is 17.2 Å². The van der Waals surface area contributed by atoms with Crippen molar-refractivity contribution in [3.63, 3.8) is 0 Å². The van der Waals surface area contributed by atoms with Gasteiger partial charge in [-0.05, 0) is 68.1 Å². The van der Waals surface area contributed by atoms with Crippen molar-refractivity contribution in [3.05, 3.63) is 101 Å². The Balaban J connectivity index is 1.44. The molecule has 1 N–H and O–H groups in total. The lowest BCUT2D eigenvalue weighted by Gasteiger charge is -2.18. The molecule has 4 nitrogen and oxygen atoms in total. The Hall–Kier alpha value is -3.18. The van der Waals surface area contributed by atoms with Crippen molar-refractivity contribution in [2.75, 3.05) is 26.3 Å². The third kappa shape index (κ3) is 8.03. The SMILES string of the molecule is CCOC(=O)COc1cc(CCCNCCC(c2ccccc2)c2ccccc2)ccc1F. The van der Waals surface area contributed by atoms with Crippen molar-refractivity contribution in [2.45, 2.75) is 32.1 Å². The molecule has 3 aromatic rings. The van der Waals surface area contributed by atoms with Crippen molar-refractivity contribution in [3.8, 4) is 5.75 Å². The van der Waals surface area contributed by atoms with Crippen LogP contribution in [-0.2, 0) is 16.0 Å². The number of benzene rings is 3. The number of esters is 1. The molecule has 0 aromatic heterocycles. The lowest BCUT2D eigenvalue weighted by molar-refractivity contribution is -0.145. The zero-order chi connectivity index (χ0) is 23.3. The quantitative estimate of drug-likeness (QED) is 0.276. The van der Waals surface area contributed by atoms with E-state index in [0.29, 0.717) is 5.92 Å². The minimum atomic E-state index is -0.504. The van der Waals surface area contributed by atoms with E-state index in [-0.39, 0.29) is 19.0 Å². The van der Waals surface area contributed by atoms with Crippen molar-refractivity contribution in [1.82, 2.24) is 5.32 Å². The molecule has 0 bridgehead atoms. The predicted octanol–water partition coefficient (Wildman–Crippen LogP) is 5.51. The highest BCUT2D eigenvalue weighted by Crippen LogP contribution is 2.27. The predicted molar refractivity (Wildman–Crippen MR) is 129 cm³/mol. The average Bonchev–Trinajstić information content (AvgIpc) is 2.85. The summed E-state index contributed by atoms with van der Waals surface area (Å²) < 4.78 is 24.1. The molecule has 5 heteroatoms. The lowest BCUT2D eigenvalue weighted by Crippen LogP contribution is -2.20. The van der Waals surface area contributed by atoms with Crippen LogP contribution in [0.1, 0.15) is 42.4 Å². The van der Waals surface area contributed by atoms with Gasteiger partial charge in [-0.15, -0.1) is 0 Å². The first-order valence-corrected chi connectivity index (χ1v) is 11.5. The highest BCUT2D eigenvalue weighted by Gasteiger charge is 2.13. The van der Waals surface area contributed by atoms with Gasteiger partial charge in [-0.3, -0.25) is 0 Å². The Morgan fingerprint density at radius 2 is 1.61 bits per heavy atom. The minimum absolute atomic E-state index is 0.0853. The Morgan fingerprint density at radius 3 is 2.24 bits per heavy atom. The fraction of sp³-hybridized carbons (Fsp3) is 0.321. The Kier molecular flexibility index (Phi) is 9.92. The highest BCUT2D eigenvalue weighted by atomic mass is 19.1. The van der Waals surface area contributed by atoms with Crippen LogP contribution in [0, 0.1) is 5.82 Å². The fourth-order valence-corrected chi connectivity index (χ4v) is 3.84. The summed E-state index contributed by atoms with van der Waals surface area (Å²) in [7, 11) is 0. The second-order valence-corrected chi connectivity index (χ2v) is 7.87. The second-order valence-electron chi connectivity index (χ2n) is 7.87. The van der Waals surface area contributed by atoms with Gasteiger partial charge in [0.05, 0.1) is 6.61 Å². The number of rotatable bonds is 13. The summed E-state index contributed by atoms with van der Waals surface area (Å²) in [6, 6.07) is 26.0. The number of ether oxygens (including phenoxy) is 2. The van der Waals surface area contributed by atoms with E-state index in [1.807, 2.05) is 12.1 Å². The van der Waals surface area contributed by atoms with Gasteiger partial charge in [0.25, 0.3) is 0 Å². The second kappa shape index (κ2) is 13.4. The summed E-state index contributed by atoms with van der Waals surface area (Å²) in [4.78, 5) is 11.4. The third-order valence-corrected chi connectivity index (χ3v) is 5.48. The summed E-state index contributed by atoms with van der Waals surface area (Å²) in [6.07, 6.45) is 2.73. The Morgan fingerprint density at radius 1 is 0.939 bits per heavy atom. The molecule has 0 aliphatic heterocycles. The molecule has 3 rings (SSSR count). The molecule has 174 valence electrons. The van der Waals surface area contributed by atoms with Gasteiger partial charge in [0.15, 0.2) is 18.2 Å². The van der Waals surface area contributed by atoms with Crippen LogP contribution in [0.25, 0.3) is 0 Å². The van der Waals surface area contributed by atoms with E-state index in [1.54, 1.807) is 19.1 Å². The zero-order valence-corrected chi connectivity index (χ0v) is 19.1. The molecule has 0 saturated heterocycles. The van der Waals surface area contributed by atoms with Crippen LogP contribution in [0.5, 0.6) is 5.75 Å². The smallest absolute Gasteiger partial charge is 0.344 e. The molecule has 0 heterocycles. The van der Waals surface area contributed by atoms with Crippen LogP contribution < -0.4 is 10.1 Å². The van der Waals surface area contributed by atoms with Crippen LogP contribution in [0.2, 0.25) is 0 Å². The fourth-order valence-electron chi connectivity index (χ4n) is 3.84. The minimum Gasteiger partial charge on any atom is -0.479 e. The van der Waals surface area contributed by atoms with E-state index in [9.17, 15) is 9.18 Å². The first-order chi connectivity index (χ1) is 16.2. The topological polar surface area (TPSA) is 47.6 Å². The largest absolute Gasteiger partial charge is 0.479 e. The normalized spacial score (nSPS) is 10.9. The first-order valence-electron chi connectivity index (χ1n) is 11.5. The van der Waals surface area contributed by atoms with E-state index >= 15 is 0 Å². The number of aryl methyl sites for hydroxylation is 1. The molecule has 0 amide bonds. The Bertz CT molecular complexity index is 939. The number of carbonyl (C=O) groups excluding carboxylic acids is 1. The summed E-state index contributed by atoms with van der Waals surface area (Å²) >= 11 is 0. The van der Waals surface area contributed by atoms with Crippen molar-refractivity contribution in [2.24, 2.45) is 0 Å². The van der Waals surface area contributed by atoms with Crippen molar-refractivity contribution < 1.29 is 18.7 Å². The maximum absolute atomic E-state index is 14.0. The van der Waals surface area contributed by atoms with Crippen molar-refractivity contribution in [1.29, 1.82) is 0 Å². The van der Waals surface area contributed by atoms with Crippen LogP contribution in [-0.4, -0.2) is 32.3 Å². The van der Waals surface area contributed by atoms with Gasteiger partial charge in [-0.1, -0.05) is 66.7 Å². The molecular formula is C28H32FNO3. The number of hydrogen-bond donors (Lipinski definition) is 1. The summed E-state index contributed by atoms with van der Waals surface area (Å²) in [6.45, 7) is 3.48. The number of nitrogens with one attached hydrogen (secondary N) is 1. The Labute approximate surface area is 195 Å². The van der Waals surface area contributed by atoms with Gasteiger partial charge < -0.3 is 14.8 Å². The molecule has 0 atom stereocenters. The van der Waals surface area contributed by atoms with E-state index < -0.39 is 11.8 Å². The van der Waals surface area contributed by atoms with Gasteiger partial charge in [0.2, 0.25) is 0 Å². The molecular weight excluding hydrogens is 417 g/mol. The van der Waals surface area contributed by atoms with E-state index in [4.69, 9.17) is 9.47 Å². The van der Waals surface area contributed by atoms with Gasteiger partial charge >= 0.3 is 5.97 Å². The van der Waals surface area contributed by atoms with Gasteiger partial charge in [0, 0.05) is 5.92 Å². The van der Waals surface area contributed by atoms with Crippen LogP contribution in [0.15, 0.2) is 78.9 Å². The molecule has 0 unspecified atom stereocenters. The summed E-state index contributed by atoms with van der Waals surface area (Å²) in [5, 5.41) is 3.54. The van der Waals surface area contributed by atoms with Crippen molar-refractivity contribution >= 4 is 5.97 Å². The highest BCUT2D eigenvalue weighted by molar-refractivity contribution is 5.71. The van der Waals surface area contributed by atoms with E-state index in [2.05, 4.69) is 53.8 Å². The number of halogens is 1. The number of hydrogen-bond acceptors (Lipinski definition) is 4. The lowest BCUT2D eigenvalue weighted by atomic mass is 9.88. The molecule has 33 heavy (non-hydrogen) atoms. The standard InChI is InChI=1S/C28H32FNO3/c1-2-32-28(31)21-33-27-20-22(15-16-26(27)29)10-9-18-30-19-17-25(23-11-5-3-6-12-23)24-13-7-4-8-14-24/h3-8,11-16,20,25,30H,2,9-10,17-19,21H2,1H3. The summed E-state index contributed by atoms with van der Waals surface area (Å²) in [5.41, 5.74) is 3.63. The average molecular weight is 450 g/mol. The first kappa shape index (κ1) is 24.5. The van der Waals surface area contributed by atoms with Gasteiger partial charge in [-0.2, -0.15) is 0 Å². The molecule has 0 fully saturated rings. The van der Waals surface area contributed by atoms with Gasteiger partial charge in [0.1, 0.15) is 0 Å². The molecule has 0 spiro atoms. The maximum Gasteiger partial charge on any atom is 0.344 e. The number of carbonyl (C=O) groups is 1. The molecule has 3 aromatic carbocycles. The molecule has 0 saturated carbocycles. The van der Waals surface area contributed by atoms with Crippen LogP contribution >= 0.6 is 0 Å². The van der Waals surface area contributed by atoms with Gasteiger partial charge in [-0.25, -0.2) is 9.18 Å². The summed E-state index contributed by atoms with van der Waals surface area (Å²) in [5.74, 6) is -0.539.